The Bertz CT molecular complexity index is 700. The second-order valence-corrected chi connectivity index (χ2v) is 7.17. The van der Waals surface area contributed by atoms with Gasteiger partial charge < -0.3 is 9.84 Å². The fraction of sp³-hybridized carbons (Fsp3) is 0.556. The summed E-state index contributed by atoms with van der Waals surface area (Å²) in [5.41, 5.74) is 2.66. The summed E-state index contributed by atoms with van der Waals surface area (Å²) in [5.74, 6) is -1.05. The van der Waals surface area contributed by atoms with E-state index in [-0.39, 0.29) is 41.6 Å². The van der Waals surface area contributed by atoms with E-state index in [4.69, 9.17) is 4.74 Å². The molecule has 1 N–H and O–H groups in total. The average Bonchev–Trinajstić information content (AvgIpc) is 3.21. The molecule has 0 unspecified atom stereocenters. The number of benzene rings is 1. The lowest BCUT2D eigenvalue weighted by atomic mass is 9.81. The fourth-order valence-corrected chi connectivity index (χ4v) is 4.89. The van der Waals surface area contributed by atoms with E-state index >= 15 is 0 Å². The molecule has 0 radical (unpaired) electrons. The lowest BCUT2D eigenvalue weighted by Gasteiger charge is -2.22. The Kier molecular flexibility index (Phi) is 2.69. The number of anilines is 1. The summed E-state index contributed by atoms with van der Waals surface area (Å²) in [6.07, 6.45) is 5.61. The number of ether oxygens (including phenoxy) is 1. The highest BCUT2D eigenvalue weighted by Gasteiger charge is 2.62. The number of aryl methyl sites for hydroxylation is 2. The van der Waals surface area contributed by atoms with Crippen LogP contribution in [0.4, 0.5) is 5.69 Å². The zero-order valence-electron chi connectivity index (χ0n) is 12.8. The van der Waals surface area contributed by atoms with Crippen LogP contribution in [0.15, 0.2) is 12.1 Å². The van der Waals surface area contributed by atoms with Gasteiger partial charge >= 0.3 is 0 Å². The number of hydrogen-bond donors (Lipinski definition) is 1. The van der Waals surface area contributed by atoms with Gasteiger partial charge in [0.15, 0.2) is 0 Å². The molecule has 0 spiro atoms. The van der Waals surface area contributed by atoms with Crippen molar-refractivity contribution in [1.29, 1.82) is 0 Å². The third-order valence-electron chi connectivity index (χ3n) is 5.96. The molecule has 1 aliphatic carbocycles. The number of nitrogens with zero attached hydrogens (tertiary/aromatic N) is 1. The van der Waals surface area contributed by atoms with Crippen molar-refractivity contribution in [3.63, 3.8) is 0 Å². The zero-order chi connectivity index (χ0) is 15.7. The van der Waals surface area contributed by atoms with Crippen molar-refractivity contribution in [1.82, 2.24) is 0 Å². The standard InChI is InChI=1S/C18H19NO4/c20-12-8-10-4-2-1-3-9(10)7-11(12)19-17(21)15-13-5-6-14(23-13)16(15)18(19)22/h7-8,13-16,20H,1-6H2/t13-,14+,15-,16+. The summed E-state index contributed by atoms with van der Waals surface area (Å²) in [5, 5.41) is 10.4. The minimum absolute atomic E-state index is 0.0422. The van der Waals surface area contributed by atoms with Gasteiger partial charge in [0.05, 0.1) is 29.7 Å². The molecule has 1 aromatic carbocycles. The number of imide groups is 1. The maximum atomic E-state index is 12.8. The van der Waals surface area contributed by atoms with Crippen molar-refractivity contribution in [2.45, 2.75) is 50.7 Å². The van der Waals surface area contributed by atoms with Crippen LogP contribution in [0.5, 0.6) is 5.75 Å². The molecule has 3 fully saturated rings. The predicted octanol–water partition coefficient (Wildman–Crippen LogP) is 1.94. The van der Waals surface area contributed by atoms with Crippen molar-refractivity contribution < 1.29 is 19.4 Å². The van der Waals surface area contributed by atoms with E-state index in [0.29, 0.717) is 5.69 Å². The topological polar surface area (TPSA) is 66.8 Å². The molecule has 3 aliphatic heterocycles. The van der Waals surface area contributed by atoms with Crippen LogP contribution in [0, 0.1) is 11.8 Å². The Morgan fingerprint density at radius 3 is 2.13 bits per heavy atom. The van der Waals surface area contributed by atoms with Crippen molar-refractivity contribution in [2.24, 2.45) is 11.8 Å². The van der Waals surface area contributed by atoms with Crippen molar-refractivity contribution in [2.75, 3.05) is 4.90 Å². The highest BCUT2D eigenvalue weighted by Crippen LogP contribution is 2.50. The van der Waals surface area contributed by atoms with E-state index in [1.165, 1.54) is 4.90 Å². The molecule has 2 amide bonds. The summed E-state index contributed by atoms with van der Waals surface area (Å²) in [6.45, 7) is 0. The van der Waals surface area contributed by atoms with Crippen LogP contribution in [0.1, 0.15) is 36.8 Å². The van der Waals surface area contributed by atoms with Crippen LogP contribution in [-0.2, 0) is 27.2 Å². The second kappa shape index (κ2) is 4.57. The Labute approximate surface area is 134 Å². The first-order chi connectivity index (χ1) is 11.1. The van der Waals surface area contributed by atoms with Crippen LogP contribution in [-0.4, -0.2) is 29.1 Å². The quantitative estimate of drug-likeness (QED) is 0.805. The van der Waals surface area contributed by atoms with Crippen LogP contribution >= 0.6 is 0 Å². The molecule has 5 rings (SSSR count). The van der Waals surface area contributed by atoms with E-state index in [1.807, 2.05) is 6.07 Å². The minimum Gasteiger partial charge on any atom is -0.506 e. The number of phenols is 1. The molecule has 0 saturated carbocycles. The Hall–Kier alpha value is -1.88. The molecule has 4 atom stereocenters. The normalized spacial score (nSPS) is 34.9. The number of carbonyl (C=O) groups excluding carboxylic acids is 2. The number of carbonyl (C=O) groups is 2. The minimum atomic E-state index is -0.350. The first-order valence-corrected chi connectivity index (χ1v) is 8.53. The first kappa shape index (κ1) is 13.5. The first-order valence-electron chi connectivity index (χ1n) is 8.53. The molecular weight excluding hydrogens is 294 g/mol. The molecule has 5 nitrogen and oxygen atoms in total. The van der Waals surface area contributed by atoms with Crippen LogP contribution in [0.2, 0.25) is 0 Å². The number of amides is 2. The molecule has 2 bridgehead atoms. The molecule has 4 aliphatic rings. The maximum absolute atomic E-state index is 12.8. The van der Waals surface area contributed by atoms with E-state index in [9.17, 15) is 14.7 Å². The van der Waals surface area contributed by atoms with Gasteiger partial charge in [0.1, 0.15) is 5.75 Å². The van der Waals surface area contributed by atoms with Crippen molar-refractivity contribution >= 4 is 17.5 Å². The average molecular weight is 313 g/mol. The van der Waals surface area contributed by atoms with E-state index in [0.717, 1.165) is 49.7 Å². The molecule has 5 heteroatoms. The smallest absolute Gasteiger partial charge is 0.240 e. The second-order valence-electron chi connectivity index (χ2n) is 7.17. The van der Waals surface area contributed by atoms with Crippen LogP contribution in [0.25, 0.3) is 0 Å². The maximum Gasteiger partial charge on any atom is 0.240 e. The summed E-state index contributed by atoms with van der Waals surface area (Å²) in [7, 11) is 0. The fourth-order valence-electron chi connectivity index (χ4n) is 4.89. The summed E-state index contributed by atoms with van der Waals surface area (Å²) in [6, 6.07) is 3.59. The van der Waals surface area contributed by atoms with Crippen LogP contribution in [0.3, 0.4) is 0 Å². The molecular formula is C18H19NO4. The predicted molar refractivity (Wildman–Crippen MR) is 82.1 cm³/mol. The monoisotopic (exact) mass is 313 g/mol. The van der Waals surface area contributed by atoms with Crippen molar-refractivity contribution in [3.05, 3.63) is 23.3 Å². The summed E-state index contributed by atoms with van der Waals surface area (Å²) in [4.78, 5) is 26.9. The highest BCUT2D eigenvalue weighted by molar-refractivity contribution is 6.23. The SMILES string of the molecule is O=C1[C@@H]2[C@H](C(=O)N1c1cc3c(cc1O)CCCC3)[C@H]1CC[C@@H]2O1. The Balaban J connectivity index is 1.57. The Morgan fingerprint density at radius 1 is 0.957 bits per heavy atom. The van der Waals surface area contributed by atoms with E-state index in [2.05, 4.69) is 0 Å². The van der Waals surface area contributed by atoms with Gasteiger partial charge in [-0.1, -0.05) is 0 Å². The molecule has 3 heterocycles. The largest absolute Gasteiger partial charge is 0.506 e. The van der Waals surface area contributed by atoms with E-state index < -0.39 is 0 Å². The van der Waals surface area contributed by atoms with Gasteiger partial charge in [0, 0.05) is 0 Å². The number of phenolic OH excluding ortho intramolecular Hbond substituents is 1. The van der Waals surface area contributed by atoms with Gasteiger partial charge in [-0.3, -0.25) is 9.59 Å². The van der Waals surface area contributed by atoms with Gasteiger partial charge in [0.2, 0.25) is 11.8 Å². The molecule has 3 saturated heterocycles. The van der Waals surface area contributed by atoms with Gasteiger partial charge in [-0.25, -0.2) is 4.90 Å². The highest BCUT2D eigenvalue weighted by atomic mass is 16.5. The number of rotatable bonds is 1. The third-order valence-corrected chi connectivity index (χ3v) is 5.96. The van der Waals surface area contributed by atoms with Crippen LogP contribution < -0.4 is 4.90 Å². The molecule has 0 aromatic heterocycles. The molecule has 120 valence electrons. The number of hydrogen-bond acceptors (Lipinski definition) is 4. The van der Waals surface area contributed by atoms with Gasteiger partial charge in [-0.05, 0) is 61.8 Å². The number of fused-ring (bicyclic) bond motifs is 6. The lowest BCUT2D eigenvalue weighted by Crippen LogP contribution is -2.34. The van der Waals surface area contributed by atoms with Gasteiger partial charge in [-0.15, -0.1) is 0 Å². The van der Waals surface area contributed by atoms with Crippen molar-refractivity contribution in [3.8, 4) is 5.75 Å². The zero-order valence-corrected chi connectivity index (χ0v) is 12.8. The Morgan fingerprint density at radius 2 is 1.52 bits per heavy atom. The summed E-state index contributed by atoms with van der Waals surface area (Å²) < 4.78 is 5.75. The lowest BCUT2D eigenvalue weighted by molar-refractivity contribution is -0.124. The molecule has 1 aromatic rings. The third kappa shape index (κ3) is 1.71. The summed E-state index contributed by atoms with van der Waals surface area (Å²) >= 11 is 0. The van der Waals surface area contributed by atoms with Gasteiger partial charge in [-0.2, -0.15) is 0 Å². The molecule has 23 heavy (non-hydrogen) atoms. The number of aromatic hydroxyl groups is 1. The van der Waals surface area contributed by atoms with E-state index in [1.54, 1.807) is 6.07 Å². The van der Waals surface area contributed by atoms with Gasteiger partial charge in [0.25, 0.3) is 0 Å².